The first-order valence-corrected chi connectivity index (χ1v) is 8.91. The monoisotopic (exact) mass is 331 g/mol. The highest BCUT2D eigenvalue weighted by molar-refractivity contribution is 7.99. The summed E-state index contributed by atoms with van der Waals surface area (Å²) in [6.45, 7) is 6.83. The second kappa shape index (κ2) is 8.20. The molecule has 2 rings (SSSR count). The van der Waals surface area contributed by atoms with Crippen LogP contribution in [0.2, 0.25) is 0 Å². The zero-order chi connectivity index (χ0) is 16.8. The lowest BCUT2D eigenvalue weighted by molar-refractivity contribution is -0.120. The summed E-state index contributed by atoms with van der Waals surface area (Å²) in [5.74, 6) is 0.997. The van der Waals surface area contributed by atoms with Crippen molar-refractivity contribution in [3.63, 3.8) is 0 Å². The van der Waals surface area contributed by atoms with E-state index in [1.54, 1.807) is 11.8 Å². The highest BCUT2D eigenvalue weighted by Gasteiger charge is 2.11. The van der Waals surface area contributed by atoms with Crippen LogP contribution in [0.25, 0.3) is 0 Å². The first-order valence-electron chi connectivity index (χ1n) is 7.92. The topological polar surface area (TPSA) is 46.9 Å². The van der Waals surface area contributed by atoms with Gasteiger partial charge in [0.25, 0.3) is 0 Å². The van der Waals surface area contributed by atoms with Crippen LogP contribution >= 0.6 is 11.8 Å². The molecule has 1 N–H and O–H groups in total. The number of carbonyl (C=O) groups is 1. The van der Waals surface area contributed by atoms with Crippen molar-refractivity contribution in [3.8, 4) is 0 Å². The van der Waals surface area contributed by atoms with E-state index < -0.39 is 0 Å². The number of thioether (sulfide) groups is 1. The molecule has 1 heterocycles. The molecule has 0 saturated carbocycles. The summed E-state index contributed by atoms with van der Waals surface area (Å²) in [4.78, 5) is 13.2. The molecule has 23 heavy (non-hydrogen) atoms. The number of carbonyl (C=O) groups excluding carboxylic acids is 1. The molecule has 0 aliphatic rings. The number of benzene rings is 1. The number of hydrogen-bond donors (Lipinski definition) is 1. The third-order valence-corrected chi connectivity index (χ3v) is 4.99. The standard InChI is InChI=1S/C18H25N3OS/c1-13-5-7-16(8-6-13)23-12-11-19-18(22)10-9-17-14(2)20-21(4)15(17)3/h5-8H,9-12H2,1-4H3,(H,19,22). The smallest absolute Gasteiger partial charge is 0.220 e. The van der Waals surface area contributed by atoms with Crippen LogP contribution in [0.5, 0.6) is 0 Å². The maximum atomic E-state index is 12.0. The van der Waals surface area contributed by atoms with Crippen LogP contribution in [-0.4, -0.2) is 28.0 Å². The molecule has 1 aromatic heterocycles. The lowest BCUT2D eigenvalue weighted by atomic mass is 10.1. The molecule has 4 nitrogen and oxygen atoms in total. The van der Waals surface area contributed by atoms with Crippen LogP contribution in [0.1, 0.15) is 28.9 Å². The molecule has 1 amide bonds. The SMILES string of the molecule is Cc1ccc(SCCNC(=O)CCc2c(C)nn(C)c2C)cc1. The molecule has 124 valence electrons. The number of amides is 1. The van der Waals surface area contributed by atoms with Crippen LogP contribution in [-0.2, 0) is 18.3 Å². The summed E-state index contributed by atoms with van der Waals surface area (Å²) in [5, 5.41) is 7.38. The Morgan fingerprint density at radius 3 is 2.52 bits per heavy atom. The van der Waals surface area contributed by atoms with E-state index in [0.717, 1.165) is 23.6 Å². The Balaban J connectivity index is 1.68. The minimum atomic E-state index is 0.108. The number of hydrogen-bond acceptors (Lipinski definition) is 3. The number of aryl methyl sites for hydroxylation is 3. The van der Waals surface area contributed by atoms with Gasteiger partial charge in [-0.15, -0.1) is 11.8 Å². The number of nitrogens with one attached hydrogen (secondary N) is 1. The van der Waals surface area contributed by atoms with Gasteiger partial charge in [-0.05, 0) is 44.9 Å². The fraction of sp³-hybridized carbons (Fsp3) is 0.444. The fourth-order valence-electron chi connectivity index (χ4n) is 2.50. The van der Waals surface area contributed by atoms with Crippen LogP contribution in [0.4, 0.5) is 0 Å². The summed E-state index contributed by atoms with van der Waals surface area (Å²) >= 11 is 1.77. The van der Waals surface area contributed by atoms with E-state index in [0.29, 0.717) is 13.0 Å². The summed E-state index contributed by atoms with van der Waals surface area (Å²) in [6.07, 6.45) is 1.27. The van der Waals surface area contributed by atoms with Crippen LogP contribution in [0.3, 0.4) is 0 Å². The molecule has 0 bridgehead atoms. The molecule has 1 aromatic carbocycles. The third kappa shape index (κ3) is 5.13. The Morgan fingerprint density at radius 1 is 1.22 bits per heavy atom. The molecular formula is C18H25N3OS. The van der Waals surface area contributed by atoms with Gasteiger partial charge < -0.3 is 5.32 Å². The van der Waals surface area contributed by atoms with Gasteiger partial charge in [-0.2, -0.15) is 5.10 Å². The summed E-state index contributed by atoms with van der Waals surface area (Å²) in [5.41, 5.74) is 4.62. The van der Waals surface area contributed by atoms with Gasteiger partial charge in [-0.1, -0.05) is 17.7 Å². The Bertz CT molecular complexity index is 662. The highest BCUT2D eigenvalue weighted by Crippen LogP contribution is 2.17. The van der Waals surface area contributed by atoms with E-state index in [2.05, 4.69) is 41.6 Å². The van der Waals surface area contributed by atoms with Crippen LogP contribution in [0.15, 0.2) is 29.2 Å². The van der Waals surface area contributed by atoms with Crippen LogP contribution in [0, 0.1) is 20.8 Å². The van der Waals surface area contributed by atoms with Crippen molar-refractivity contribution in [2.24, 2.45) is 7.05 Å². The van der Waals surface area contributed by atoms with Gasteiger partial charge in [0.2, 0.25) is 5.91 Å². The second-order valence-electron chi connectivity index (χ2n) is 5.78. The normalized spacial score (nSPS) is 10.8. The van der Waals surface area contributed by atoms with Crippen molar-refractivity contribution < 1.29 is 4.79 Å². The largest absolute Gasteiger partial charge is 0.355 e. The maximum Gasteiger partial charge on any atom is 0.220 e. The maximum absolute atomic E-state index is 12.0. The first kappa shape index (κ1) is 17.6. The van der Waals surface area contributed by atoms with Crippen molar-refractivity contribution in [1.82, 2.24) is 15.1 Å². The molecule has 0 fully saturated rings. The quantitative estimate of drug-likeness (QED) is 0.626. The lowest BCUT2D eigenvalue weighted by Crippen LogP contribution is -2.26. The molecule has 0 aliphatic heterocycles. The summed E-state index contributed by atoms with van der Waals surface area (Å²) in [7, 11) is 1.94. The van der Waals surface area contributed by atoms with Gasteiger partial charge in [0, 0.05) is 36.4 Å². The number of aromatic nitrogens is 2. The van der Waals surface area contributed by atoms with Crippen molar-refractivity contribution in [1.29, 1.82) is 0 Å². The van der Waals surface area contributed by atoms with Crippen molar-refractivity contribution in [2.75, 3.05) is 12.3 Å². The van der Waals surface area contributed by atoms with E-state index in [4.69, 9.17) is 0 Å². The summed E-state index contributed by atoms with van der Waals surface area (Å²) in [6, 6.07) is 8.46. The van der Waals surface area contributed by atoms with Gasteiger partial charge in [-0.25, -0.2) is 0 Å². The molecule has 0 unspecified atom stereocenters. The molecule has 0 saturated heterocycles. The number of nitrogens with zero attached hydrogens (tertiary/aromatic N) is 2. The van der Waals surface area contributed by atoms with Gasteiger partial charge in [0.05, 0.1) is 5.69 Å². The molecule has 0 aliphatic carbocycles. The third-order valence-electron chi connectivity index (χ3n) is 3.97. The predicted molar refractivity (Wildman–Crippen MR) is 95.9 cm³/mol. The van der Waals surface area contributed by atoms with E-state index >= 15 is 0 Å². The van der Waals surface area contributed by atoms with E-state index in [9.17, 15) is 4.79 Å². The van der Waals surface area contributed by atoms with Gasteiger partial charge in [-0.3, -0.25) is 9.48 Å². The van der Waals surface area contributed by atoms with Crippen molar-refractivity contribution in [3.05, 3.63) is 46.8 Å². The molecule has 0 spiro atoms. The second-order valence-corrected chi connectivity index (χ2v) is 6.95. The first-order chi connectivity index (χ1) is 11.0. The Hall–Kier alpha value is -1.75. The highest BCUT2D eigenvalue weighted by atomic mass is 32.2. The van der Waals surface area contributed by atoms with Crippen LogP contribution < -0.4 is 5.32 Å². The van der Waals surface area contributed by atoms with Gasteiger partial charge >= 0.3 is 0 Å². The lowest BCUT2D eigenvalue weighted by Gasteiger charge is -2.06. The summed E-state index contributed by atoms with van der Waals surface area (Å²) < 4.78 is 1.88. The van der Waals surface area contributed by atoms with E-state index in [1.807, 2.05) is 25.6 Å². The molecule has 5 heteroatoms. The minimum Gasteiger partial charge on any atom is -0.355 e. The van der Waals surface area contributed by atoms with Gasteiger partial charge in [0.15, 0.2) is 0 Å². The number of rotatable bonds is 7. The van der Waals surface area contributed by atoms with Gasteiger partial charge in [0.1, 0.15) is 0 Å². The average molecular weight is 331 g/mol. The fourth-order valence-corrected chi connectivity index (χ4v) is 3.27. The zero-order valence-electron chi connectivity index (χ0n) is 14.3. The average Bonchev–Trinajstić information content (AvgIpc) is 2.76. The predicted octanol–water partition coefficient (Wildman–Crippen LogP) is 3.19. The zero-order valence-corrected chi connectivity index (χ0v) is 15.2. The Morgan fingerprint density at radius 2 is 1.91 bits per heavy atom. The Labute approximate surface area is 142 Å². The minimum absolute atomic E-state index is 0.108. The van der Waals surface area contributed by atoms with E-state index in [1.165, 1.54) is 16.0 Å². The molecule has 0 atom stereocenters. The van der Waals surface area contributed by atoms with E-state index in [-0.39, 0.29) is 5.91 Å². The molecule has 0 radical (unpaired) electrons. The molecule has 2 aromatic rings. The molecular weight excluding hydrogens is 306 g/mol. The Kier molecular flexibility index (Phi) is 6.28. The van der Waals surface area contributed by atoms with Crippen molar-refractivity contribution in [2.45, 2.75) is 38.5 Å². The van der Waals surface area contributed by atoms with Crippen molar-refractivity contribution >= 4 is 17.7 Å².